The minimum Gasteiger partial charge on any atom is -0.495 e. The molecule has 29 heavy (non-hydrogen) atoms. The third-order valence-electron chi connectivity index (χ3n) is 4.58. The van der Waals surface area contributed by atoms with Gasteiger partial charge in [0.25, 0.3) is 0 Å². The Bertz CT molecular complexity index is 1130. The summed E-state index contributed by atoms with van der Waals surface area (Å²) in [4.78, 5) is 3.26. The van der Waals surface area contributed by atoms with Crippen molar-refractivity contribution in [3.63, 3.8) is 0 Å². The fourth-order valence-electron chi connectivity index (χ4n) is 3.27. The van der Waals surface area contributed by atoms with E-state index in [1.807, 2.05) is 51.0 Å². The van der Waals surface area contributed by atoms with Crippen molar-refractivity contribution in [1.82, 2.24) is 19.2 Å². The smallest absolute Gasteiger partial charge is 0.204 e. The number of aromatic nitrogens is 3. The quantitative estimate of drug-likeness (QED) is 0.382. The summed E-state index contributed by atoms with van der Waals surface area (Å²) in [5.41, 5.74) is 2.14. The van der Waals surface area contributed by atoms with Crippen LogP contribution in [0.15, 0.2) is 72.1 Å². The summed E-state index contributed by atoms with van der Waals surface area (Å²) in [6.07, 6.45) is 0. The van der Waals surface area contributed by atoms with E-state index in [0.29, 0.717) is 11.4 Å². The van der Waals surface area contributed by atoms with E-state index in [1.54, 1.807) is 18.4 Å². The Labute approximate surface area is 179 Å². The molecule has 0 aliphatic heterocycles. The summed E-state index contributed by atoms with van der Waals surface area (Å²) in [6.45, 7) is 1.41. The second-order valence-electron chi connectivity index (χ2n) is 6.73. The van der Waals surface area contributed by atoms with Crippen LogP contribution in [0, 0.1) is 4.77 Å². The predicted molar refractivity (Wildman–Crippen MR) is 120 cm³/mol. The number of ether oxygens (including phenoxy) is 1. The second-order valence-corrected chi connectivity index (χ2v) is 8.04. The van der Waals surface area contributed by atoms with Crippen LogP contribution >= 0.6 is 23.6 Å². The van der Waals surface area contributed by atoms with Crippen molar-refractivity contribution >= 4 is 23.6 Å². The van der Waals surface area contributed by atoms with Gasteiger partial charge in [0.15, 0.2) is 5.82 Å². The number of para-hydroxylation sites is 2. The molecule has 0 N–H and O–H groups in total. The minimum absolute atomic E-state index is 0.592. The molecule has 0 amide bonds. The molecule has 4 rings (SSSR count). The van der Waals surface area contributed by atoms with Crippen LogP contribution in [-0.2, 0) is 13.2 Å². The van der Waals surface area contributed by atoms with Crippen LogP contribution in [0.4, 0.5) is 0 Å². The normalized spacial score (nSPS) is 11.1. The molecule has 2 heterocycles. The summed E-state index contributed by atoms with van der Waals surface area (Å²) in [6, 6.07) is 22.4. The predicted octanol–water partition coefficient (Wildman–Crippen LogP) is 5.23. The molecule has 0 fully saturated rings. The highest BCUT2D eigenvalue weighted by atomic mass is 32.1. The Balaban J connectivity index is 1.74. The lowest BCUT2D eigenvalue weighted by atomic mass is 10.2. The Morgan fingerprint density at radius 1 is 1.03 bits per heavy atom. The molecule has 7 heteroatoms. The zero-order valence-electron chi connectivity index (χ0n) is 16.4. The topological polar surface area (TPSA) is 35.2 Å². The van der Waals surface area contributed by atoms with Gasteiger partial charge in [-0.1, -0.05) is 48.5 Å². The van der Waals surface area contributed by atoms with Crippen LogP contribution < -0.4 is 4.74 Å². The van der Waals surface area contributed by atoms with Gasteiger partial charge >= 0.3 is 0 Å². The fraction of sp³-hybridized carbons (Fsp3) is 0.182. The Morgan fingerprint density at radius 2 is 1.79 bits per heavy atom. The van der Waals surface area contributed by atoms with Gasteiger partial charge < -0.3 is 4.74 Å². The first-order chi connectivity index (χ1) is 14.2. The van der Waals surface area contributed by atoms with Gasteiger partial charge in [0.05, 0.1) is 24.3 Å². The number of methoxy groups -OCH3 is 1. The SMILES string of the molecule is COc1ccccc1-n1c(-c2cccs2)nn(CN(C)Cc2ccccc2)c1=S. The number of hydrogen-bond donors (Lipinski definition) is 0. The summed E-state index contributed by atoms with van der Waals surface area (Å²) in [7, 11) is 3.74. The molecular weight excluding hydrogens is 400 g/mol. The molecule has 0 aliphatic rings. The standard InChI is InChI=1S/C22H22N4OS2/c1-24(15-17-9-4-3-5-10-17)16-25-22(28)26(18-11-6-7-12-19(18)27-2)21(23-25)20-13-8-14-29-20/h3-14H,15-16H2,1-2H3. The highest BCUT2D eigenvalue weighted by Crippen LogP contribution is 2.30. The summed E-state index contributed by atoms with van der Waals surface area (Å²) < 4.78 is 10.1. The van der Waals surface area contributed by atoms with E-state index in [9.17, 15) is 0 Å². The molecule has 0 spiro atoms. The van der Waals surface area contributed by atoms with Crippen LogP contribution in [-0.4, -0.2) is 33.4 Å². The maximum absolute atomic E-state index is 5.85. The molecule has 0 aliphatic carbocycles. The van der Waals surface area contributed by atoms with Crippen LogP contribution in [0.1, 0.15) is 5.56 Å². The number of thiophene rings is 1. The number of benzene rings is 2. The lowest BCUT2D eigenvalue weighted by Crippen LogP contribution is -2.22. The van der Waals surface area contributed by atoms with Gasteiger partial charge in [-0.05, 0) is 48.4 Å². The molecule has 0 unspecified atom stereocenters. The van der Waals surface area contributed by atoms with Crippen molar-refractivity contribution in [2.24, 2.45) is 0 Å². The highest BCUT2D eigenvalue weighted by Gasteiger charge is 2.18. The zero-order chi connectivity index (χ0) is 20.2. The van der Waals surface area contributed by atoms with Crippen LogP contribution in [0.2, 0.25) is 0 Å². The monoisotopic (exact) mass is 422 g/mol. The molecule has 148 valence electrons. The van der Waals surface area contributed by atoms with E-state index in [0.717, 1.165) is 28.7 Å². The van der Waals surface area contributed by atoms with Gasteiger partial charge in [0, 0.05) is 6.54 Å². The molecule has 5 nitrogen and oxygen atoms in total. The third-order valence-corrected chi connectivity index (χ3v) is 5.84. The van der Waals surface area contributed by atoms with Gasteiger partial charge in [0.1, 0.15) is 5.75 Å². The van der Waals surface area contributed by atoms with Crippen molar-refractivity contribution in [3.8, 4) is 22.1 Å². The van der Waals surface area contributed by atoms with Crippen LogP contribution in [0.3, 0.4) is 0 Å². The van der Waals surface area contributed by atoms with Crippen LogP contribution in [0.25, 0.3) is 16.4 Å². The van der Waals surface area contributed by atoms with E-state index >= 15 is 0 Å². The molecule has 4 aromatic rings. The van der Waals surface area contributed by atoms with Crippen LogP contribution in [0.5, 0.6) is 5.75 Å². The first-order valence-electron chi connectivity index (χ1n) is 9.27. The lowest BCUT2D eigenvalue weighted by molar-refractivity contribution is 0.244. The highest BCUT2D eigenvalue weighted by molar-refractivity contribution is 7.71. The average Bonchev–Trinajstić information content (AvgIpc) is 3.37. The van der Waals surface area contributed by atoms with Crippen molar-refractivity contribution in [2.75, 3.05) is 14.2 Å². The molecule has 0 saturated carbocycles. The van der Waals surface area contributed by atoms with Crippen molar-refractivity contribution in [3.05, 3.63) is 82.4 Å². The number of rotatable bonds is 7. The average molecular weight is 423 g/mol. The molecule has 2 aromatic carbocycles. The summed E-state index contributed by atoms with van der Waals surface area (Å²) in [5.74, 6) is 1.58. The number of hydrogen-bond acceptors (Lipinski definition) is 5. The summed E-state index contributed by atoms with van der Waals surface area (Å²) in [5, 5.41) is 6.92. The molecule has 2 aromatic heterocycles. The van der Waals surface area contributed by atoms with E-state index in [4.69, 9.17) is 22.1 Å². The second kappa shape index (κ2) is 8.73. The van der Waals surface area contributed by atoms with E-state index < -0.39 is 0 Å². The Hall–Kier alpha value is -2.74. The Kier molecular flexibility index (Phi) is 5.89. The molecule has 0 atom stereocenters. The van der Waals surface area contributed by atoms with E-state index in [1.165, 1.54) is 5.56 Å². The van der Waals surface area contributed by atoms with E-state index in [2.05, 4.69) is 42.3 Å². The van der Waals surface area contributed by atoms with Crippen molar-refractivity contribution in [1.29, 1.82) is 0 Å². The first kappa shape index (κ1) is 19.6. The third kappa shape index (κ3) is 4.17. The largest absolute Gasteiger partial charge is 0.495 e. The van der Waals surface area contributed by atoms with Gasteiger partial charge in [-0.2, -0.15) is 0 Å². The lowest BCUT2D eigenvalue weighted by Gasteiger charge is -2.16. The summed E-state index contributed by atoms with van der Waals surface area (Å²) >= 11 is 7.49. The zero-order valence-corrected chi connectivity index (χ0v) is 18.0. The maximum atomic E-state index is 5.85. The van der Waals surface area contributed by atoms with E-state index in [-0.39, 0.29) is 0 Å². The number of nitrogens with zero attached hydrogens (tertiary/aromatic N) is 4. The van der Waals surface area contributed by atoms with Crippen molar-refractivity contribution < 1.29 is 4.74 Å². The van der Waals surface area contributed by atoms with Gasteiger partial charge in [-0.25, -0.2) is 4.68 Å². The minimum atomic E-state index is 0.592. The van der Waals surface area contributed by atoms with Gasteiger partial charge in [-0.15, -0.1) is 16.4 Å². The van der Waals surface area contributed by atoms with Crippen molar-refractivity contribution in [2.45, 2.75) is 13.2 Å². The molecule has 0 saturated heterocycles. The maximum Gasteiger partial charge on any atom is 0.204 e. The van der Waals surface area contributed by atoms with Gasteiger partial charge in [-0.3, -0.25) is 9.47 Å². The fourth-order valence-corrected chi connectivity index (χ4v) is 4.25. The molecular formula is C22H22N4OS2. The Morgan fingerprint density at radius 3 is 2.52 bits per heavy atom. The first-order valence-corrected chi connectivity index (χ1v) is 10.6. The molecule has 0 bridgehead atoms. The van der Waals surface area contributed by atoms with Gasteiger partial charge in [0.2, 0.25) is 4.77 Å². The molecule has 0 radical (unpaired) electrons.